The molecule has 30 heavy (non-hydrogen) atoms. The molecule has 0 N–H and O–H groups in total. The molecule has 0 unspecified atom stereocenters. The Bertz CT molecular complexity index is 1010. The lowest BCUT2D eigenvalue weighted by atomic mass is 10.1. The molecule has 1 aliphatic heterocycles. The van der Waals surface area contributed by atoms with Crippen molar-refractivity contribution in [3.8, 4) is 5.75 Å². The molecule has 158 valence electrons. The van der Waals surface area contributed by atoms with Crippen LogP contribution in [0.4, 0.5) is 17.6 Å². The molecule has 2 heterocycles. The molecule has 0 spiro atoms. The van der Waals surface area contributed by atoms with Gasteiger partial charge in [0.1, 0.15) is 28.0 Å². The number of rotatable bonds is 5. The van der Waals surface area contributed by atoms with Crippen molar-refractivity contribution >= 4 is 27.5 Å². The number of fused-ring (bicyclic) bond motifs is 1. The van der Waals surface area contributed by atoms with Gasteiger partial charge in [-0.2, -0.15) is 8.78 Å². The summed E-state index contributed by atoms with van der Waals surface area (Å²) >= 11 is 1.61. The van der Waals surface area contributed by atoms with E-state index >= 15 is 0 Å². The van der Waals surface area contributed by atoms with Gasteiger partial charge in [-0.05, 0) is 12.1 Å². The van der Waals surface area contributed by atoms with Gasteiger partial charge in [0, 0.05) is 38.3 Å². The molecule has 4 rings (SSSR count). The molecule has 0 saturated carbocycles. The minimum absolute atomic E-state index is 0.290. The average Bonchev–Trinajstić information content (AvgIpc) is 3.09. The summed E-state index contributed by atoms with van der Waals surface area (Å²) in [4.78, 5) is 20.6. The fourth-order valence-corrected chi connectivity index (χ4v) is 4.38. The number of halogens is 4. The number of alkyl halides is 2. The molecular weight excluding hydrogens is 422 g/mol. The van der Waals surface area contributed by atoms with E-state index in [1.54, 1.807) is 11.3 Å². The Labute approximate surface area is 173 Å². The minimum atomic E-state index is -3.21. The Morgan fingerprint density at radius 3 is 2.40 bits per heavy atom. The predicted molar refractivity (Wildman–Crippen MR) is 104 cm³/mol. The van der Waals surface area contributed by atoms with Gasteiger partial charge in [0.2, 0.25) is 0 Å². The van der Waals surface area contributed by atoms with E-state index in [1.807, 2.05) is 24.3 Å². The number of piperazine rings is 1. The summed E-state index contributed by atoms with van der Waals surface area (Å²) in [5.41, 5.74) is 0.174. The lowest BCUT2D eigenvalue weighted by Crippen LogP contribution is -2.48. The van der Waals surface area contributed by atoms with E-state index in [2.05, 4.69) is 14.6 Å². The second kappa shape index (κ2) is 8.57. The molecule has 1 fully saturated rings. The number of ether oxygens (including phenoxy) is 1. The van der Waals surface area contributed by atoms with E-state index in [0.29, 0.717) is 31.8 Å². The van der Waals surface area contributed by atoms with Crippen LogP contribution in [-0.2, 0) is 6.54 Å². The summed E-state index contributed by atoms with van der Waals surface area (Å²) < 4.78 is 58.0. The maximum atomic E-state index is 14.2. The second-order valence-corrected chi connectivity index (χ2v) is 7.90. The Hall–Kier alpha value is -2.72. The summed E-state index contributed by atoms with van der Waals surface area (Å²) in [6.45, 7) is -0.956. The van der Waals surface area contributed by atoms with E-state index in [9.17, 15) is 22.4 Å². The summed E-state index contributed by atoms with van der Waals surface area (Å²) in [6.07, 6.45) is 0. The first kappa shape index (κ1) is 20.5. The molecule has 0 atom stereocenters. The van der Waals surface area contributed by atoms with Gasteiger partial charge >= 0.3 is 6.61 Å². The van der Waals surface area contributed by atoms with Gasteiger partial charge in [-0.3, -0.25) is 9.69 Å². The maximum Gasteiger partial charge on any atom is 0.387 e. The van der Waals surface area contributed by atoms with Crippen LogP contribution >= 0.6 is 11.3 Å². The Kier molecular flexibility index (Phi) is 5.87. The second-order valence-electron chi connectivity index (χ2n) is 6.78. The number of carbonyl (C=O) groups is 1. The Balaban J connectivity index is 1.39. The lowest BCUT2D eigenvalue weighted by molar-refractivity contribution is -0.0501. The molecule has 1 aliphatic rings. The number of amides is 1. The summed E-state index contributed by atoms with van der Waals surface area (Å²) in [6, 6.07) is 9.03. The third-order valence-electron chi connectivity index (χ3n) is 4.81. The number of aromatic nitrogens is 1. The molecule has 5 nitrogen and oxygen atoms in total. The fourth-order valence-electron chi connectivity index (χ4n) is 3.37. The van der Waals surface area contributed by atoms with Crippen molar-refractivity contribution < 1.29 is 27.1 Å². The predicted octanol–water partition coefficient (Wildman–Crippen LogP) is 4.13. The molecule has 1 saturated heterocycles. The van der Waals surface area contributed by atoms with E-state index in [-0.39, 0.29) is 13.1 Å². The quantitative estimate of drug-likeness (QED) is 0.561. The van der Waals surface area contributed by atoms with Crippen molar-refractivity contribution in [1.29, 1.82) is 0 Å². The summed E-state index contributed by atoms with van der Waals surface area (Å²) in [7, 11) is 0. The number of thiazole rings is 1. The molecule has 3 aromatic rings. The van der Waals surface area contributed by atoms with Crippen molar-refractivity contribution in [3.05, 3.63) is 58.6 Å². The zero-order chi connectivity index (χ0) is 21.3. The number of nitrogens with zero attached hydrogens (tertiary/aromatic N) is 3. The van der Waals surface area contributed by atoms with Gasteiger partial charge in [0.25, 0.3) is 5.91 Å². The van der Waals surface area contributed by atoms with Crippen LogP contribution in [0.3, 0.4) is 0 Å². The average molecular weight is 439 g/mol. The van der Waals surface area contributed by atoms with E-state index in [1.165, 1.54) is 4.90 Å². The highest BCUT2D eigenvalue weighted by Gasteiger charge is 2.28. The fraction of sp³-hybridized carbons (Fsp3) is 0.300. The third-order valence-corrected chi connectivity index (χ3v) is 5.83. The van der Waals surface area contributed by atoms with Crippen LogP contribution in [0, 0.1) is 11.6 Å². The molecule has 10 heteroatoms. The van der Waals surface area contributed by atoms with Crippen molar-refractivity contribution in [2.45, 2.75) is 13.2 Å². The highest BCUT2D eigenvalue weighted by molar-refractivity contribution is 7.18. The van der Waals surface area contributed by atoms with Crippen molar-refractivity contribution in [2.75, 3.05) is 26.2 Å². The van der Waals surface area contributed by atoms with Crippen LogP contribution in [0.2, 0.25) is 0 Å². The number of para-hydroxylation sites is 1. The topological polar surface area (TPSA) is 45.7 Å². The Morgan fingerprint density at radius 2 is 1.77 bits per heavy atom. The van der Waals surface area contributed by atoms with Crippen LogP contribution in [-0.4, -0.2) is 53.5 Å². The third kappa shape index (κ3) is 4.39. The van der Waals surface area contributed by atoms with E-state index in [0.717, 1.165) is 15.2 Å². The van der Waals surface area contributed by atoms with Gasteiger partial charge in [-0.15, -0.1) is 11.3 Å². The minimum Gasteiger partial charge on any atom is -0.435 e. The first-order valence-electron chi connectivity index (χ1n) is 9.20. The molecule has 0 radical (unpaired) electrons. The van der Waals surface area contributed by atoms with Gasteiger partial charge in [-0.1, -0.05) is 12.1 Å². The SMILES string of the molecule is O=C(c1c(F)cc(OC(F)F)cc1F)N1CCN(Cc2nc3ccccc3s2)CC1. The first-order valence-corrected chi connectivity index (χ1v) is 10.0. The highest BCUT2D eigenvalue weighted by Crippen LogP contribution is 2.25. The summed E-state index contributed by atoms with van der Waals surface area (Å²) in [5.74, 6) is -3.94. The molecule has 2 aromatic carbocycles. The molecule has 0 bridgehead atoms. The number of carbonyl (C=O) groups excluding carboxylic acids is 1. The van der Waals surface area contributed by atoms with Crippen LogP contribution in [0.5, 0.6) is 5.75 Å². The standard InChI is InChI=1S/C20H17F4N3O2S/c21-13-9-12(29-20(23)24)10-14(22)18(13)19(28)27-7-5-26(6-8-27)11-17-25-15-3-1-2-4-16(15)30-17/h1-4,9-10,20H,5-8,11H2. The first-order chi connectivity index (χ1) is 14.4. The van der Waals surface area contributed by atoms with Crippen LogP contribution in [0.15, 0.2) is 36.4 Å². The number of benzene rings is 2. The monoisotopic (exact) mass is 439 g/mol. The van der Waals surface area contributed by atoms with Crippen molar-refractivity contribution in [2.24, 2.45) is 0 Å². The highest BCUT2D eigenvalue weighted by atomic mass is 32.1. The largest absolute Gasteiger partial charge is 0.435 e. The Morgan fingerprint density at radius 1 is 1.10 bits per heavy atom. The van der Waals surface area contributed by atoms with Crippen LogP contribution in [0.25, 0.3) is 10.2 Å². The van der Waals surface area contributed by atoms with Crippen LogP contribution < -0.4 is 4.74 Å². The van der Waals surface area contributed by atoms with Gasteiger partial charge in [-0.25, -0.2) is 13.8 Å². The smallest absolute Gasteiger partial charge is 0.387 e. The van der Waals surface area contributed by atoms with Crippen molar-refractivity contribution in [3.63, 3.8) is 0 Å². The zero-order valence-electron chi connectivity index (χ0n) is 15.7. The van der Waals surface area contributed by atoms with Crippen LogP contribution in [0.1, 0.15) is 15.4 Å². The van der Waals surface area contributed by atoms with Crippen molar-refractivity contribution in [1.82, 2.24) is 14.8 Å². The number of hydrogen-bond donors (Lipinski definition) is 0. The normalized spacial score (nSPS) is 15.2. The van der Waals surface area contributed by atoms with Gasteiger partial charge in [0.05, 0.1) is 16.8 Å². The van der Waals surface area contributed by atoms with Gasteiger partial charge < -0.3 is 9.64 Å². The molecule has 1 aromatic heterocycles. The molecule has 0 aliphatic carbocycles. The van der Waals surface area contributed by atoms with Gasteiger partial charge in [0.15, 0.2) is 0 Å². The summed E-state index contributed by atoms with van der Waals surface area (Å²) in [5, 5.41) is 0.961. The molecule has 1 amide bonds. The number of hydrogen-bond acceptors (Lipinski definition) is 5. The molecular formula is C20H17F4N3O2S. The zero-order valence-corrected chi connectivity index (χ0v) is 16.5. The van der Waals surface area contributed by atoms with E-state index in [4.69, 9.17) is 0 Å². The lowest BCUT2D eigenvalue weighted by Gasteiger charge is -2.34. The van der Waals surface area contributed by atoms with E-state index < -0.39 is 35.5 Å². The maximum absolute atomic E-state index is 14.2.